The minimum Gasteiger partial charge on any atom is -0.503 e. The molecule has 1 amide bonds. The third-order valence-electron chi connectivity index (χ3n) is 4.21. The van der Waals surface area contributed by atoms with E-state index in [-0.39, 0.29) is 37.7 Å². The molecule has 0 fully saturated rings. The first kappa shape index (κ1) is 19.2. The molecule has 0 radical (unpaired) electrons. The van der Waals surface area contributed by atoms with Gasteiger partial charge in [-0.1, -0.05) is 29.8 Å². The summed E-state index contributed by atoms with van der Waals surface area (Å²) in [5.74, 6) is -1.90. The predicted octanol–water partition coefficient (Wildman–Crippen LogP) is 2.52. The molecule has 2 N–H and O–H groups in total. The van der Waals surface area contributed by atoms with Gasteiger partial charge in [0, 0.05) is 11.6 Å². The SMILES string of the molecule is O=C(C1=C(O)C(=O)N(CCOCCO)[C@H]1c1ccccc1Cl)c1ccco1. The molecule has 2 aromatic rings. The second-order valence-corrected chi connectivity index (χ2v) is 6.23. The highest BCUT2D eigenvalue weighted by Crippen LogP contribution is 2.41. The van der Waals surface area contributed by atoms with E-state index in [0.29, 0.717) is 10.6 Å². The lowest BCUT2D eigenvalue weighted by Crippen LogP contribution is -2.34. The van der Waals surface area contributed by atoms with Gasteiger partial charge in [0.15, 0.2) is 11.5 Å². The Morgan fingerprint density at radius 2 is 2.00 bits per heavy atom. The topological polar surface area (TPSA) is 100 Å². The maximum Gasteiger partial charge on any atom is 0.290 e. The standard InChI is InChI=1S/C19H18ClNO6/c20-13-5-2-1-4-12(13)16-15(17(23)14-6-3-9-27-14)18(24)19(25)21(16)7-10-26-11-8-22/h1-6,9,16,22,24H,7-8,10-11H2/t16-/m0/s1. The molecule has 1 aromatic carbocycles. The number of aliphatic hydroxyl groups excluding tert-OH is 2. The Balaban J connectivity index is 2.00. The fourth-order valence-electron chi connectivity index (χ4n) is 3.01. The van der Waals surface area contributed by atoms with Gasteiger partial charge in [-0.15, -0.1) is 0 Å². The van der Waals surface area contributed by atoms with Gasteiger partial charge in [0.05, 0.1) is 37.7 Å². The lowest BCUT2D eigenvalue weighted by Gasteiger charge is -2.27. The Hall–Kier alpha value is -2.61. The summed E-state index contributed by atoms with van der Waals surface area (Å²) in [5, 5.41) is 19.6. The molecule has 0 saturated heterocycles. The van der Waals surface area contributed by atoms with Crippen molar-refractivity contribution < 1.29 is 29.0 Å². The molecule has 27 heavy (non-hydrogen) atoms. The van der Waals surface area contributed by atoms with Crippen molar-refractivity contribution in [3.05, 3.63) is 70.3 Å². The molecule has 1 aliphatic rings. The zero-order valence-corrected chi connectivity index (χ0v) is 15.1. The van der Waals surface area contributed by atoms with Crippen molar-refractivity contribution in [1.82, 2.24) is 4.90 Å². The van der Waals surface area contributed by atoms with Crippen molar-refractivity contribution in [1.29, 1.82) is 0 Å². The molecule has 2 heterocycles. The summed E-state index contributed by atoms with van der Waals surface area (Å²) in [7, 11) is 0. The van der Waals surface area contributed by atoms with Gasteiger partial charge in [0.2, 0.25) is 5.78 Å². The third-order valence-corrected chi connectivity index (χ3v) is 4.55. The maximum absolute atomic E-state index is 12.9. The van der Waals surface area contributed by atoms with Crippen molar-refractivity contribution in [2.75, 3.05) is 26.4 Å². The van der Waals surface area contributed by atoms with Crippen molar-refractivity contribution in [3.8, 4) is 0 Å². The van der Waals surface area contributed by atoms with Crippen LogP contribution in [0.2, 0.25) is 5.02 Å². The van der Waals surface area contributed by atoms with Gasteiger partial charge in [0.1, 0.15) is 0 Å². The van der Waals surface area contributed by atoms with Crippen LogP contribution in [0.15, 0.2) is 58.4 Å². The average Bonchev–Trinajstić information content (AvgIpc) is 3.28. The van der Waals surface area contributed by atoms with Crippen LogP contribution in [0.3, 0.4) is 0 Å². The first-order chi connectivity index (χ1) is 13.1. The third kappa shape index (κ3) is 3.75. The zero-order chi connectivity index (χ0) is 19.4. The van der Waals surface area contributed by atoms with Crippen LogP contribution in [0.4, 0.5) is 0 Å². The van der Waals surface area contributed by atoms with Crippen molar-refractivity contribution in [2.45, 2.75) is 6.04 Å². The largest absolute Gasteiger partial charge is 0.503 e. The Bertz CT molecular complexity index is 861. The van der Waals surface area contributed by atoms with Gasteiger partial charge < -0.3 is 24.3 Å². The second-order valence-electron chi connectivity index (χ2n) is 5.83. The molecule has 142 valence electrons. The molecule has 3 rings (SSSR count). The summed E-state index contributed by atoms with van der Waals surface area (Å²) in [6.07, 6.45) is 1.34. The van der Waals surface area contributed by atoms with Crippen LogP contribution in [0, 0.1) is 0 Å². The number of halogens is 1. The highest BCUT2D eigenvalue weighted by molar-refractivity contribution is 6.31. The smallest absolute Gasteiger partial charge is 0.290 e. The summed E-state index contributed by atoms with van der Waals surface area (Å²) in [5.41, 5.74) is 0.416. The first-order valence-corrected chi connectivity index (χ1v) is 8.69. The van der Waals surface area contributed by atoms with E-state index in [4.69, 9.17) is 25.9 Å². The van der Waals surface area contributed by atoms with E-state index in [1.165, 1.54) is 17.2 Å². The Morgan fingerprint density at radius 1 is 1.22 bits per heavy atom. The van der Waals surface area contributed by atoms with Gasteiger partial charge in [-0.2, -0.15) is 0 Å². The van der Waals surface area contributed by atoms with Crippen LogP contribution in [0.1, 0.15) is 22.2 Å². The molecule has 7 nitrogen and oxygen atoms in total. The van der Waals surface area contributed by atoms with E-state index >= 15 is 0 Å². The van der Waals surface area contributed by atoms with E-state index < -0.39 is 23.5 Å². The molecule has 0 bridgehead atoms. The van der Waals surface area contributed by atoms with Crippen LogP contribution >= 0.6 is 11.6 Å². The van der Waals surface area contributed by atoms with Crippen LogP contribution in [0.25, 0.3) is 0 Å². The van der Waals surface area contributed by atoms with Gasteiger partial charge in [-0.05, 0) is 23.8 Å². The average molecular weight is 392 g/mol. The minimum atomic E-state index is -0.874. The summed E-state index contributed by atoms with van der Waals surface area (Å²) in [6, 6.07) is 8.94. The van der Waals surface area contributed by atoms with E-state index in [0.717, 1.165) is 0 Å². The van der Waals surface area contributed by atoms with Gasteiger partial charge in [-0.25, -0.2) is 0 Å². The van der Waals surface area contributed by atoms with Crippen molar-refractivity contribution >= 4 is 23.3 Å². The van der Waals surface area contributed by atoms with E-state index in [1.807, 2.05) is 0 Å². The number of aliphatic hydroxyl groups is 2. The monoisotopic (exact) mass is 391 g/mol. The minimum absolute atomic E-state index is 0.0137. The van der Waals surface area contributed by atoms with Crippen LogP contribution < -0.4 is 0 Å². The number of hydrogen-bond acceptors (Lipinski definition) is 6. The molecule has 1 aliphatic heterocycles. The predicted molar refractivity (Wildman–Crippen MR) is 96.5 cm³/mol. The normalized spacial score (nSPS) is 17.0. The molecule has 1 atom stereocenters. The van der Waals surface area contributed by atoms with Gasteiger partial charge >= 0.3 is 0 Å². The summed E-state index contributed by atoms with van der Waals surface area (Å²) >= 11 is 6.30. The number of hydrogen-bond donors (Lipinski definition) is 2. The first-order valence-electron chi connectivity index (χ1n) is 8.31. The number of carbonyl (C=O) groups excluding carboxylic acids is 2. The van der Waals surface area contributed by atoms with Crippen LogP contribution in [0.5, 0.6) is 0 Å². The van der Waals surface area contributed by atoms with Crippen molar-refractivity contribution in [3.63, 3.8) is 0 Å². The number of furan rings is 1. The molecule has 1 aromatic heterocycles. The number of Topliss-reactive ketones (excluding diaryl/α,β-unsaturated/α-hetero) is 1. The van der Waals surface area contributed by atoms with E-state index in [9.17, 15) is 14.7 Å². The number of benzene rings is 1. The quantitative estimate of drug-likeness (QED) is 0.529. The highest BCUT2D eigenvalue weighted by atomic mass is 35.5. The number of nitrogens with zero attached hydrogens (tertiary/aromatic N) is 1. The number of ether oxygens (including phenoxy) is 1. The molecule has 0 unspecified atom stereocenters. The number of rotatable bonds is 8. The summed E-state index contributed by atoms with van der Waals surface area (Å²) < 4.78 is 10.4. The number of amides is 1. The van der Waals surface area contributed by atoms with Crippen LogP contribution in [-0.2, 0) is 9.53 Å². The van der Waals surface area contributed by atoms with Crippen molar-refractivity contribution in [2.24, 2.45) is 0 Å². The lowest BCUT2D eigenvalue weighted by atomic mass is 9.95. The molecule has 0 aliphatic carbocycles. The highest BCUT2D eigenvalue weighted by Gasteiger charge is 2.44. The van der Waals surface area contributed by atoms with Gasteiger partial charge in [0.25, 0.3) is 5.91 Å². The molecular weight excluding hydrogens is 374 g/mol. The second kappa shape index (κ2) is 8.39. The number of carbonyl (C=O) groups is 2. The molecule has 8 heteroatoms. The summed E-state index contributed by atoms with van der Waals surface area (Å²) in [4.78, 5) is 26.8. The fourth-order valence-corrected chi connectivity index (χ4v) is 3.25. The Kier molecular flexibility index (Phi) is 5.95. The van der Waals surface area contributed by atoms with Gasteiger partial charge in [-0.3, -0.25) is 9.59 Å². The molecule has 0 saturated carbocycles. The zero-order valence-electron chi connectivity index (χ0n) is 14.3. The molecular formula is C19H18ClNO6. The Labute approximate surface area is 160 Å². The van der Waals surface area contributed by atoms with Crippen LogP contribution in [-0.4, -0.2) is 53.2 Å². The number of ketones is 1. The summed E-state index contributed by atoms with van der Waals surface area (Å²) in [6.45, 7) is 0.209. The van der Waals surface area contributed by atoms with E-state index in [1.54, 1.807) is 30.3 Å². The Morgan fingerprint density at radius 3 is 2.67 bits per heavy atom. The fraction of sp³-hybridized carbons (Fsp3) is 0.263. The molecule has 0 spiro atoms. The lowest BCUT2D eigenvalue weighted by molar-refractivity contribution is -0.130. The maximum atomic E-state index is 12.9. The van der Waals surface area contributed by atoms with E-state index in [2.05, 4.69) is 0 Å².